The number of hydrogen-bond donors (Lipinski definition) is 0. The molecular formula is C19H16ClNO4. The molecule has 0 radical (unpaired) electrons. The van der Waals surface area contributed by atoms with E-state index in [1.165, 1.54) is 13.2 Å². The zero-order chi connectivity index (χ0) is 18.1. The van der Waals surface area contributed by atoms with E-state index in [-0.39, 0.29) is 13.2 Å². The topological polar surface area (TPSA) is 68.6 Å². The van der Waals surface area contributed by atoms with Gasteiger partial charge in [0.05, 0.1) is 7.11 Å². The average molecular weight is 358 g/mol. The number of carbonyl (C=O) groups is 1. The molecule has 0 aromatic heterocycles. The molecule has 0 aliphatic rings. The number of halogens is 1. The van der Waals surface area contributed by atoms with E-state index in [1.807, 2.05) is 12.1 Å². The maximum atomic E-state index is 11.8. The van der Waals surface area contributed by atoms with Gasteiger partial charge >= 0.3 is 5.97 Å². The highest BCUT2D eigenvalue weighted by molar-refractivity contribution is 6.30. The summed E-state index contributed by atoms with van der Waals surface area (Å²) in [5.74, 6) is 0.471. The smallest absolute Gasteiger partial charge is 0.331 e. The van der Waals surface area contributed by atoms with Crippen LogP contribution in [-0.4, -0.2) is 19.7 Å². The molecule has 0 aliphatic heterocycles. The van der Waals surface area contributed by atoms with Crippen LogP contribution < -0.4 is 9.47 Å². The third kappa shape index (κ3) is 5.87. The summed E-state index contributed by atoms with van der Waals surface area (Å²) in [6.45, 7) is 0.0787. The van der Waals surface area contributed by atoms with Crippen molar-refractivity contribution in [2.24, 2.45) is 0 Å². The molecule has 0 N–H and O–H groups in total. The Morgan fingerprint density at radius 2 is 2.08 bits per heavy atom. The number of benzene rings is 2. The Bertz CT molecular complexity index is 811. The molecule has 0 aliphatic carbocycles. The van der Waals surface area contributed by atoms with E-state index in [1.54, 1.807) is 42.5 Å². The van der Waals surface area contributed by atoms with Crippen molar-refractivity contribution in [2.75, 3.05) is 13.7 Å². The molecule has 6 heteroatoms. The normalized spacial score (nSPS) is 10.3. The summed E-state index contributed by atoms with van der Waals surface area (Å²) in [4.78, 5) is 11.8. The number of nitriles is 1. The lowest BCUT2D eigenvalue weighted by Gasteiger charge is -2.08. The van der Waals surface area contributed by atoms with E-state index in [0.29, 0.717) is 16.5 Å². The average Bonchev–Trinajstić information content (AvgIpc) is 2.63. The number of carbonyl (C=O) groups excluding carboxylic acids is 1. The van der Waals surface area contributed by atoms with Crippen LogP contribution in [0.3, 0.4) is 0 Å². The second-order valence-corrected chi connectivity index (χ2v) is 5.36. The van der Waals surface area contributed by atoms with Crippen LogP contribution >= 0.6 is 11.6 Å². The van der Waals surface area contributed by atoms with Crippen molar-refractivity contribution in [3.63, 3.8) is 0 Å². The first kappa shape index (κ1) is 18.4. The van der Waals surface area contributed by atoms with Gasteiger partial charge in [0.2, 0.25) is 0 Å². The number of nitrogens with zero attached hydrogens (tertiary/aromatic N) is 1. The highest BCUT2D eigenvalue weighted by Gasteiger charge is 2.05. The van der Waals surface area contributed by atoms with Crippen molar-refractivity contribution in [1.82, 2.24) is 0 Å². The third-order valence-corrected chi connectivity index (χ3v) is 3.40. The maximum absolute atomic E-state index is 11.8. The zero-order valence-corrected chi connectivity index (χ0v) is 14.3. The van der Waals surface area contributed by atoms with E-state index in [4.69, 9.17) is 31.1 Å². The minimum absolute atomic E-state index is 0.0681. The Morgan fingerprint density at radius 1 is 1.24 bits per heavy atom. The van der Waals surface area contributed by atoms with Crippen LogP contribution in [0.15, 0.2) is 48.5 Å². The molecule has 0 bridgehead atoms. The van der Waals surface area contributed by atoms with Crippen molar-refractivity contribution < 1.29 is 19.0 Å². The second kappa shape index (κ2) is 9.36. The molecule has 0 saturated carbocycles. The molecule has 5 nitrogen and oxygen atoms in total. The Labute approximate surface area is 151 Å². The fourth-order valence-corrected chi connectivity index (χ4v) is 2.22. The number of hydrogen-bond acceptors (Lipinski definition) is 5. The van der Waals surface area contributed by atoms with Crippen LogP contribution in [0.4, 0.5) is 0 Å². The van der Waals surface area contributed by atoms with Crippen LogP contribution in [-0.2, 0) is 16.1 Å². The summed E-state index contributed by atoms with van der Waals surface area (Å²) in [5.41, 5.74) is 1.55. The lowest BCUT2D eigenvalue weighted by Crippen LogP contribution is -2.00. The van der Waals surface area contributed by atoms with Gasteiger partial charge in [-0.2, -0.15) is 5.26 Å². The predicted octanol–water partition coefficient (Wildman–Crippen LogP) is 4.01. The van der Waals surface area contributed by atoms with Gasteiger partial charge in [0, 0.05) is 11.1 Å². The fraction of sp³-hybridized carbons (Fsp3) is 0.158. The van der Waals surface area contributed by atoms with Gasteiger partial charge in [-0.1, -0.05) is 29.8 Å². The van der Waals surface area contributed by atoms with Gasteiger partial charge < -0.3 is 14.2 Å². The summed E-state index contributed by atoms with van der Waals surface area (Å²) < 4.78 is 15.6. The molecule has 25 heavy (non-hydrogen) atoms. The number of esters is 1. The van der Waals surface area contributed by atoms with Crippen LogP contribution in [0.5, 0.6) is 11.5 Å². The Hall–Kier alpha value is -2.97. The van der Waals surface area contributed by atoms with Gasteiger partial charge in [0.25, 0.3) is 0 Å². The summed E-state index contributed by atoms with van der Waals surface area (Å²) >= 11 is 5.88. The van der Waals surface area contributed by atoms with Crippen molar-refractivity contribution in [3.05, 3.63) is 64.7 Å². The Balaban J connectivity index is 1.96. The summed E-state index contributed by atoms with van der Waals surface area (Å²) in [6, 6.07) is 14.1. The highest BCUT2D eigenvalue weighted by atomic mass is 35.5. The minimum atomic E-state index is -0.469. The van der Waals surface area contributed by atoms with E-state index < -0.39 is 5.97 Å². The molecule has 0 saturated heterocycles. The molecule has 2 rings (SSSR count). The molecular weight excluding hydrogens is 342 g/mol. The first-order valence-corrected chi connectivity index (χ1v) is 7.77. The van der Waals surface area contributed by atoms with Crippen LogP contribution in [0.25, 0.3) is 6.08 Å². The monoisotopic (exact) mass is 357 g/mol. The molecule has 0 fully saturated rings. The summed E-state index contributed by atoms with van der Waals surface area (Å²) in [6.07, 6.45) is 2.94. The molecule has 0 heterocycles. The minimum Gasteiger partial charge on any atom is -0.493 e. The van der Waals surface area contributed by atoms with Gasteiger partial charge in [-0.3, -0.25) is 0 Å². The predicted molar refractivity (Wildman–Crippen MR) is 94.4 cm³/mol. The molecule has 0 spiro atoms. The second-order valence-electron chi connectivity index (χ2n) is 4.93. The van der Waals surface area contributed by atoms with Crippen molar-refractivity contribution in [2.45, 2.75) is 6.61 Å². The lowest BCUT2D eigenvalue weighted by molar-refractivity contribution is -0.138. The number of ether oxygens (including phenoxy) is 3. The fourth-order valence-electron chi connectivity index (χ4n) is 2.01. The van der Waals surface area contributed by atoms with Gasteiger partial charge in [-0.25, -0.2) is 4.79 Å². The van der Waals surface area contributed by atoms with Crippen LogP contribution in [0.1, 0.15) is 11.1 Å². The number of rotatable bonds is 7. The Kier molecular flexibility index (Phi) is 6.87. The van der Waals surface area contributed by atoms with E-state index >= 15 is 0 Å². The summed E-state index contributed by atoms with van der Waals surface area (Å²) in [7, 11) is 1.50. The largest absolute Gasteiger partial charge is 0.493 e. The molecule has 0 unspecified atom stereocenters. The molecule has 0 amide bonds. The van der Waals surface area contributed by atoms with E-state index in [2.05, 4.69) is 0 Å². The van der Waals surface area contributed by atoms with Gasteiger partial charge in [0.15, 0.2) is 18.1 Å². The van der Waals surface area contributed by atoms with Crippen LogP contribution in [0.2, 0.25) is 5.02 Å². The third-order valence-electron chi connectivity index (χ3n) is 3.16. The van der Waals surface area contributed by atoms with Gasteiger partial charge in [-0.15, -0.1) is 0 Å². The van der Waals surface area contributed by atoms with Crippen molar-refractivity contribution in [3.8, 4) is 17.6 Å². The van der Waals surface area contributed by atoms with Gasteiger partial charge in [-0.05, 0) is 41.5 Å². The molecule has 128 valence electrons. The van der Waals surface area contributed by atoms with Gasteiger partial charge in [0.1, 0.15) is 12.7 Å². The quantitative estimate of drug-likeness (QED) is 0.553. The molecule has 2 aromatic carbocycles. The Morgan fingerprint density at radius 3 is 2.80 bits per heavy atom. The van der Waals surface area contributed by atoms with Crippen LogP contribution in [0, 0.1) is 11.3 Å². The van der Waals surface area contributed by atoms with Crippen molar-refractivity contribution >= 4 is 23.6 Å². The highest BCUT2D eigenvalue weighted by Crippen LogP contribution is 2.28. The summed E-state index contributed by atoms with van der Waals surface area (Å²) in [5, 5.41) is 9.15. The van der Waals surface area contributed by atoms with E-state index in [0.717, 1.165) is 11.1 Å². The zero-order valence-electron chi connectivity index (χ0n) is 13.6. The first-order chi connectivity index (χ1) is 12.1. The van der Waals surface area contributed by atoms with E-state index in [9.17, 15) is 4.79 Å². The maximum Gasteiger partial charge on any atom is 0.331 e. The SMILES string of the molecule is COc1cc(/C=C/C(=O)OCc2cccc(Cl)c2)ccc1OCC#N. The number of methoxy groups -OCH3 is 1. The molecule has 0 atom stereocenters. The molecule has 2 aromatic rings. The first-order valence-electron chi connectivity index (χ1n) is 7.39. The van der Waals surface area contributed by atoms with Crippen molar-refractivity contribution in [1.29, 1.82) is 5.26 Å². The standard InChI is InChI=1S/C19H16ClNO4/c1-23-18-12-14(5-7-17(18)24-10-9-21)6-8-19(22)25-13-15-3-2-4-16(20)11-15/h2-8,11-12H,10,13H2,1H3/b8-6+. The lowest BCUT2D eigenvalue weighted by atomic mass is 10.2.